The van der Waals surface area contributed by atoms with E-state index < -0.39 is 12.8 Å². The summed E-state index contributed by atoms with van der Waals surface area (Å²) in [5, 5.41) is 17.6. The first-order chi connectivity index (χ1) is 6.74. The number of aliphatic hydroxyl groups excluding tert-OH is 1. The van der Waals surface area contributed by atoms with E-state index in [2.05, 4.69) is 4.74 Å². The highest BCUT2D eigenvalue weighted by Gasteiger charge is 1.97. The summed E-state index contributed by atoms with van der Waals surface area (Å²) in [6, 6.07) is 6.57. The van der Waals surface area contributed by atoms with Crippen LogP contribution in [-0.2, 0) is 9.53 Å². The van der Waals surface area contributed by atoms with Gasteiger partial charge in [-0.3, -0.25) is 0 Å². The van der Waals surface area contributed by atoms with E-state index >= 15 is 0 Å². The Bertz CT molecular complexity index is 344. The molecule has 14 heavy (non-hydrogen) atoms. The predicted octanol–water partition coefficient (Wildman–Crippen LogP) is 0.898. The van der Waals surface area contributed by atoms with Gasteiger partial charge in [0.15, 0.2) is 6.79 Å². The molecule has 4 heteroatoms. The second-order valence-corrected chi connectivity index (χ2v) is 2.48. The number of aromatic hydroxyl groups is 1. The molecule has 0 bridgehead atoms. The second-order valence-electron chi connectivity index (χ2n) is 2.48. The van der Waals surface area contributed by atoms with Crippen molar-refractivity contribution in [2.24, 2.45) is 0 Å². The lowest BCUT2D eigenvalue weighted by molar-refractivity contribution is -0.145. The van der Waals surface area contributed by atoms with Crippen LogP contribution in [0.5, 0.6) is 5.75 Å². The van der Waals surface area contributed by atoms with Crippen molar-refractivity contribution in [3.8, 4) is 5.75 Å². The Hall–Kier alpha value is -1.81. The van der Waals surface area contributed by atoms with E-state index in [9.17, 15) is 9.90 Å². The molecule has 74 valence electrons. The number of ether oxygens (including phenoxy) is 1. The topological polar surface area (TPSA) is 66.8 Å². The van der Waals surface area contributed by atoms with Crippen molar-refractivity contribution >= 4 is 12.0 Å². The number of aliphatic hydroxyl groups is 1. The summed E-state index contributed by atoms with van der Waals surface area (Å²) in [5.41, 5.74) is 0.516. The quantitative estimate of drug-likeness (QED) is 0.426. The lowest BCUT2D eigenvalue weighted by Crippen LogP contribution is -2.00. The second kappa shape index (κ2) is 5.04. The van der Waals surface area contributed by atoms with E-state index in [1.165, 1.54) is 12.1 Å². The van der Waals surface area contributed by atoms with Gasteiger partial charge in [0.2, 0.25) is 0 Å². The van der Waals surface area contributed by atoms with Crippen LogP contribution in [0.2, 0.25) is 0 Å². The highest BCUT2D eigenvalue weighted by Crippen LogP contribution is 2.16. The van der Waals surface area contributed by atoms with E-state index in [0.717, 1.165) is 6.08 Å². The fraction of sp³-hybridized carbons (Fsp3) is 0.100. The zero-order chi connectivity index (χ0) is 10.4. The fourth-order valence-electron chi connectivity index (χ4n) is 0.898. The Kier molecular flexibility index (Phi) is 3.69. The van der Waals surface area contributed by atoms with Gasteiger partial charge in [-0.2, -0.15) is 0 Å². The number of carbonyl (C=O) groups is 1. The minimum absolute atomic E-state index is 0.0838. The van der Waals surface area contributed by atoms with Crippen LogP contribution in [0, 0.1) is 0 Å². The summed E-state index contributed by atoms with van der Waals surface area (Å²) in [4.78, 5) is 10.8. The highest BCUT2D eigenvalue weighted by molar-refractivity contribution is 5.87. The summed E-state index contributed by atoms with van der Waals surface area (Å²) < 4.78 is 4.25. The maximum Gasteiger partial charge on any atom is 0.332 e. The van der Waals surface area contributed by atoms with Crippen LogP contribution < -0.4 is 0 Å². The molecule has 0 saturated carbocycles. The molecular formula is C10H10O4. The number of phenolic OH excluding ortho intramolecular Hbond substituents is 1. The average Bonchev–Trinajstić information content (AvgIpc) is 2.17. The lowest BCUT2D eigenvalue weighted by atomic mass is 10.2. The first-order valence-electron chi connectivity index (χ1n) is 3.97. The molecule has 0 radical (unpaired) electrons. The van der Waals surface area contributed by atoms with Crippen molar-refractivity contribution < 1.29 is 19.7 Å². The van der Waals surface area contributed by atoms with Crippen molar-refractivity contribution in [2.45, 2.75) is 0 Å². The van der Waals surface area contributed by atoms with Crippen molar-refractivity contribution in [1.82, 2.24) is 0 Å². The average molecular weight is 194 g/mol. The minimum Gasteiger partial charge on any atom is -0.507 e. The molecule has 0 aliphatic rings. The Balaban J connectivity index is 2.69. The first-order valence-corrected chi connectivity index (χ1v) is 3.97. The fourth-order valence-corrected chi connectivity index (χ4v) is 0.898. The van der Waals surface area contributed by atoms with Crippen LogP contribution >= 0.6 is 0 Å². The van der Waals surface area contributed by atoms with Gasteiger partial charge in [0, 0.05) is 11.6 Å². The van der Waals surface area contributed by atoms with Crippen molar-refractivity contribution in [1.29, 1.82) is 0 Å². The van der Waals surface area contributed by atoms with Gasteiger partial charge < -0.3 is 14.9 Å². The zero-order valence-electron chi connectivity index (χ0n) is 7.38. The molecule has 0 aliphatic heterocycles. The number of para-hydroxylation sites is 1. The molecule has 0 fully saturated rings. The zero-order valence-corrected chi connectivity index (χ0v) is 7.38. The van der Waals surface area contributed by atoms with Gasteiger partial charge in [0.05, 0.1) is 0 Å². The normalized spacial score (nSPS) is 10.4. The van der Waals surface area contributed by atoms with Crippen LogP contribution in [-0.4, -0.2) is 23.0 Å². The van der Waals surface area contributed by atoms with E-state index in [1.54, 1.807) is 18.2 Å². The first kappa shape index (κ1) is 10.3. The molecule has 0 saturated heterocycles. The Morgan fingerprint density at radius 2 is 2.14 bits per heavy atom. The van der Waals surface area contributed by atoms with E-state index in [1.807, 2.05) is 0 Å². The number of carbonyl (C=O) groups excluding carboxylic acids is 1. The van der Waals surface area contributed by atoms with Crippen LogP contribution in [0.4, 0.5) is 0 Å². The number of benzene rings is 1. The molecule has 0 amide bonds. The summed E-state index contributed by atoms with van der Waals surface area (Å²) in [6.07, 6.45) is 2.54. The highest BCUT2D eigenvalue weighted by atomic mass is 16.6. The minimum atomic E-state index is -0.657. The molecule has 1 aromatic rings. The van der Waals surface area contributed by atoms with Crippen molar-refractivity contribution in [3.63, 3.8) is 0 Å². The number of hydrogen-bond acceptors (Lipinski definition) is 4. The monoisotopic (exact) mass is 194 g/mol. The van der Waals surface area contributed by atoms with Gasteiger partial charge in [-0.05, 0) is 12.1 Å². The predicted molar refractivity (Wildman–Crippen MR) is 50.3 cm³/mol. The van der Waals surface area contributed by atoms with Gasteiger partial charge in [0.1, 0.15) is 5.75 Å². The van der Waals surface area contributed by atoms with Crippen LogP contribution in [0.25, 0.3) is 6.08 Å². The van der Waals surface area contributed by atoms with Gasteiger partial charge >= 0.3 is 5.97 Å². The number of phenols is 1. The summed E-state index contributed by atoms with van der Waals surface area (Å²) >= 11 is 0. The van der Waals surface area contributed by atoms with Gasteiger partial charge in [-0.25, -0.2) is 4.79 Å². The number of hydrogen-bond donors (Lipinski definition) is 2. The van der Waals surface area contributed by atoms with E-state index in [4.69, 9.17) is 5.11 Å². The third kappa shape index (κ3) is 2.91. The SMILES string of the molecule is O=C(/C=C/c1ccccc1O)OCO. The molecule has 0 unspecified atom stereocenters. The largest absolute Gasteiger partial charge is 0.507 e. The van der Waals surface area contributed by atoms with Crippen molar-refractivity contribution in [3.05, 3.63) is 35.9 Å². The van der Waals surface area contributed by atoms with E-state index in [0.29, 0.717) is 5.56 Å². The Labute approximate surface area is 81.1 Å². The standard InChI is InChI=1S/C10H10O4/c11-7-14-10(13)6-5-8-3-1-2-4-9(8)12/h1-6,11-12H,7H2/b6-5+. The lowest BCUT2D eigenvalue weighted by Gasteiger charge is -1.97. The smallest absolute Gasteiger partial charge is 0.332 e. The van der Waals surface area contributed by atoms with Crippen LogP contribution in [0.3, 0.4) is 0 Å². The number of rotatable bonds is 3. The molecule has 0 spiro atoms. The van der Waals surface area contributed by atoms with E-state index in [-0.39, 0.29) is 5.75 Å². The molecule has 1 aromatic carbocycles. The molecule has 4 nitrogen and oxygen atoms in total. The maximum absolute atomic E-state index is 10.8. The molecule has 0 atom stereocenters. The maximum atomic E-state index is 10.8. The molecule has 1 rings (SSSR count). The summed E-state index contributed by atoms with van der Waals surface area (Å²) in [5.74, 6) is -0.573. The van der Waals surface area contributed by atoms with Gasteiger partial charge in [-0.1, -0.05) is 18.2 Å². The molecule has 2 N–H and O–H groups in total. The molecule has 0 heterocycles. The Morgan fingerprint density at radius 3 is 2.79 bits per heavy atom. The molecule has 0 aliphatic carbocycles. The van der Waals surface area contributed by atoms with Gasteiger partial charge in [-0.15, -0.1) is 0 Å². The third-order valence-electron chi connectivity index (χ3n) is 1.54. The van der Waals surface area contributed by atoms with Gasteiger partial charge in [0.25, 0.3) is 0 Å². The summed E-state index contributed by atoms with van der Waals surface area (Å²) in [6.45, 7) is -0.649. The van der Waals surface area contributed by atoms with Crippen LogP contribution in [0.1, 0.15) is 5.56 Å². The van der Waals surface area contributed by atoms with Crippen molar-refractivity contribution in [2.75, 3.05) is 6.79 Å². The third-order valence-corrected chi connectivity index (χ3v) is 1.54. The summed E-state index contributed by atoms with van der Waals surface area (Å²) in [7, 11) is 0. The van der Waals surface area contributed by atoms with Crippen LogP contribution in [0.15, 0.2) is 30.3 Å². The molecule has 0 aromatic heterocycles. The molecular weight excluding hydrogens is 184 g/mol. The Morgan fingerprint density at radius 1 is 1.43 bits per heavy atom. The number of esters is 1.